The van der Waals surface area contributed by atoms with Crippen molar-refractivity contribution < 1.29 is 4.39 Å². The molecule has 0 spiro atoms. The lowest BCUT2D eigenvalue weighted by Gasteiger charge is -2.21. The Kier molecular flexibility index (Phi) is 5.01. The lowest BCUT2D eigenvalue weighted by molar-refractivity contribution is 0.620. The van der Waals surface area contributed by atoms with Gasteiger partial charge in [0, 0.05) is 19.7 Å². The van der Waals surface area contributed by atoms with Crippen molar-refractivity contribution in [2.24, 2.45) is 0 Å². The molecule has 0 aromatic heterocycles. The molecule has 2 aromatic rings. The van der Waals surface area contributed by atoms with Crippen molar-refractivity contribution in [3.05, 3.63) is 58.3 Å². The number of nitrogen functional groups attached to an aromatic ring is 1. The lowest BCUT2D eigenvalue weighted by atomic mass is 10.1. The fraction of sp³-hybridized carbons (Fsp3) is 0.250. The van der Waals surface area contributed by atoms with E-state index in [0.717, 1.165) is 25.1 Å². The summed E-state index contributed by atoms with van der Waals surface area (Å²) < 4.78 is 14.0. The summed E-state index contributed by atoms with van der Waals surface area (Å²) in [5.74, 6) is -0.288. The minimum atomic E-state index is -0.288. The number of nitrogens with zero attached hydrogens (tertiary/aromatic N) is 1. The van der Waals surface area contributed by atoms with Gasteiger partial charge in [-0.25, -0.2) is 4.39 Å². The van der Waals surface area contributed by atoms with Gasteiger partial charge < -0.3 is 10.6 Å². The maximum absolute atomic E-state index is 13.6. The summed E-state index contributed by atoms with van der Waals surface area (Å²) in [6.07, 6.45) is 2.00. The second kappa shape index (κ2) is 6.75. The molecule has 0 radical (unpaired) electrons. The maximum Gasteiger partial charge on any atom is 0.139 e. The second-order valence-electron chi connectivity index (χ2n) is 4.84. The van der Waals surface area contributed by atoms with Crippen LogP contribution in [0.25, 0.3) is 0 Å². The van der Waals surface area contributed by atoms with E-state index in [2.05, 4.69) is 28.1 Å². The van der Waals surface area contributed by atoms with Crippen molar-refractivity contribution in [3.8, 4) is 0 Å². The molecule has 106 valence electrons. The summed E-state index contributed by atoms with van der Waals surface area (Å²) in [7, 11) is 1.93. The van der Waals surface area contributed by atoms with Crippen molar-refractivity contribution in [3.63, 3.8) is 0 Å². The summed E-state index contributed by atoms with van der Waals surface area (Å²) in [5.41, 5.74) is 8.57. The molecule has 4 heteroatoms. The van der Waals surface area contributed by atoms with Crippen LogP contribution in [0, 0.1) is 5.82 Å². The highest BCUT2D eigenvalue weighted by molar-refractivity contribution is 9.10. The molecule has 0 aliphatic carbocycles. The van der Waals surface area contributed by atoms with Crippen LogP contribution in [0.2, 0.25) is 0 Å². The average Bonchev–Trinajstić information content (AvgIpc) is 2.44. The topological polar surface area (TPSA) is 29.3 Å². The van der Waals surface area contributed by atoms with E-state index >= 15 is 0 Å². The second-order valence-corrected chi connectivity index (χ2v) is 5.69. The highest BCUT2D eigenvalue weighted by Crippen LogP contribution is 2.28. The Hall–Kier alpha value is -1.55. The standard InChI is InChI=1S/C16H18BrFN2/c1-20(9-5-8-12-6-3-2-4-7-12)16-11-14(18)13(17)10-15(16)19/h2-4,6-7,10-11H,5,8-9,19H2,1H3. The van der Waals surface area contributed by atoms with E-state index in [4.69, 9.17) is 5.73 Å². The van der Waals surface area contributed by atoms with Crippen molar-refractivity contribution in [2.45, 2.75) is 12.8 Å². The fourth-order valence-electron chi connectivity index (χ4n) is 2.17. The number of nitrogens with two attached hydrogens (primary N) is 1. The third-order valence-electron chi connectivity index (χ3n) is 3.28. The minimum absolute atomic E-state index is 0.288. The molecule has 20 heavy (non-hydrogen) atoms. The number of rotatable bonds is 5. The number of anilines is 2. The molecule has 2 aromatic carbocycles. The van der Waals surface area contributed by atoms with Gasteiger partial charge in [-0.05, 0) is 40.4 Å². The van der Waals surface area contributed by atoms with E-state index in [-0.39, 0.29) is 5.82 Å². The molecule has 0 bridgehead atoms. The fourth-order valence-corrected chi connectivity index (χ4v) is 2.53. The molecule has 0 saturated carbocycles. The van der Waals surface area contributed by atoms with E-state index in [1.54, 1.807) is 6.07 Å². The maximum atomic E-state index is 13.6. The summed E-state index contributed by atoms with van der Waals surface area (Å²) in [4.78, 5) is 1.99. The van der Waals surface area contributed by atoms with Crippen molar-refractivity contribution in [1.82, 2.24) is 0 Å². The Labute approximate surface area is 127 Å². The van der Waals surface area contributed by atoms with Crippen LogP contribution in [0.3, 0.4) is 0 Å². The average molecular weight is 337 g/mol. The van der Waals surface area contributed by atoms with Crippen LogP contribution in [0.4, 0.5) is 15.8 Å². The van der Waals surface area contributed by atoms with E-state index in [1.807, 2.05) is 30.1 Å². The van der Waals surface area contributed by atoms with Crippen LogP contribution in [-0.2, 0) is 6.42 Å². The Morgan fingerprint density at radius 1 is 1.20 bits per heavy atom. The first-order valence-corrected chi connectivity index (χ1v) is 7.37. The van der Waals surface area contributed by atoms with Crippen LogP contribution >= 0.6 is 15.9 Å². The lowest BCUT2D eigenvalue weighted by Crippen LogP contribution is -2.20. The predicted octanol–water partition coefficient (Wildman–Crippen LogP) is 4.24. The summed E-state index contributed by atoms with van der Waals surface area (Å²) >= 11 is 3.14. The Morgan fingerprint density at radius 2 is 1.90 bits per heavy atom. The van der Waals surface area contributed by atoms with Gasteiger partial charge in [-0.3, -0.25) is 0 Å². The third-order valence-corrected chi connectivity index (χ3v) is 3.89. The Bertz CT molecular complexity index is 572. The first kappa shape index (κ1) is 14.9. The summed E-state index contributed by atoms with van der Waals surface area (Å²) in [6, 6.07) is 13.4. The largest absolute Gasteiger partial charge is 0.397 e. The zero-order valence-electron chi connectivity index (χ0n) is 11.4. The van der Waals surface area contributed by atoms with E-state index in [9.17, 15) is 4.39 Å². The third kappa shape index (κ3) is 3.73. The van der Waals surface area contributed by atoms with Gasteiger partial charge in [-0.2, -0.15) is 0 Å². The summed E-state index contributed by atoms with van der Waals surface area (Å²) in [6.45, 7) is 0.833. The molecule has 2 rings (SSSR count). The molecule has 2 N–H and O–H groups in total. The zero-order chi connectivity index (χ0) is 14.5. The van der Waals surface area contributed by atoms with E-state index in [1.165, 1.54) is 11.6 Å². The van der Waals surface area contributed by atoms with E-state index < -0.39 is 0 Å². The van der Waals surface area contributed by atoms with Crippen molar-refractivity contribution >= 4 is 27.3 Å². The quantitative estimate of drug-likeness (QED) is 0.827. The number of hydrogen-bond acceptors (Lipinski definition) is 2. The first-order valence-electron chi connectivity index (χ1n) is 6.57. The number of hydrogen-bond donors (Lipinski definition) is 1. The number of aryl methyl sites for hydroxylation is 1. The number of halogens is 2. The normalized spacial score (nSPS) is 10.6. The zero-order valence-corrected chi connectivity index (χ0v) is 13.0. The molecule has 0 atom stereocenters. The molecule has 0 saturated heterocycles. The van der Waals surface area contributed by atoms with Gasteiger partial charge in [0.25, 0.3) is 0 Å². The van der Waals surface area contributed by atoms with Crippen LogP contribution in [-0.4, -0.2) is 13.6 Å². The molecule has 0 aliphatic rings. The monoisotopic (exact) mass is 336 g/mol. The van der Waals surface area contributed by atoms with Crippen molar-refractivity contribution in [1.29, 1.82) is 0 Å². The molecule has 0 aliphatic heterocycles. The van der Waals surface area contributed by atoms with Gasteiger partial charge in [-0.1, -0.05) is 30.3 Å². The Morgan fingerprint density at radius 3 is 2.60 bits per heavy atom. The Balaban J connectivity index is 1.95. The predicted molar refractivity (Wildman–Crippen MR) is 86.5 cm³/mol. The SMILES string of the molecule is CN(CCCc1ccccc1)c1cc(F)c(Br)cc1N. The minimum Gasteiger partial charge on any atom is -0.397 e. The molecule has 0 fully saturated rings. The van der Waals surface area contributed by atoms with Gasteiger partial charge >= 0.3 is 0 Å². The van der Waals surface area contributed by atoms with Gasteiger partial charge in [0.05, 0.1) is 15.8 Å². The van der Waals surface area contributed by atoms with Crippen LogP contribution in [0.5, 0.6) is 0 Å². The van der Waals surface area contributed by atoms with Gasteiger partial charge in [0.2, 0.25) is 0 Å². The van der Waals surface area contributed by atoms with Crippen LogP contribution in [0.1, 0.15) is 12.0 Å². The van der Waals surface area contributed by atoms with Crippen LogP contribution < -0.4 is 10.6 Å². The molecule has 0 heterocycles. The molecule has 2 nitrogen and oxygen atoms in total. The van der Waals surface area contributed by atoms with Gasteiger partial charge in [-0.15, -0.1) is 0 Å². The molecular weight excluding hydrogens is 319 g/mol. The molecule has 0 unspecified atom stereocenters. The molecule has 0 amide bonds. The highest BCUT2D eigenvalue weighted by Gasteiger charge is 2.09. The molecular formula is C16H18BrFN2. The first-order chi connectivity index (χ1) is 9.58. The van der Waals surface area contributed by atoms with Gasteiger partial charge in [0.1, 0.15) is 5.82 Å². The van der Waals surface area contributed by atoms with Gasteiger partial charge in [0.15, 0.2) is 0 Å². The highest BCUT2D eigenvalue weighted by atomic mass is 79.9. The van der Waals surface area contributed by atoms with Crippen LogP contribution in [0.15, 0.2) is 46.9 Å². The van der Waals surface area contributed by atoms with Crippen molar-refractivity contribution in [2.75, 3.05) is 24.2 Å². The van der Waals surface area contributed by atoms with E-state index in [0.29, 0.717) is 10.2 Å². The number of benzene rings is 2. The smallest absolute Gasteiger partial charge is 0.139 e. The summed E-state index contributed by atoms with van der Waals surface area (Å²) in [5, 5.41) is 0.